The maximum Gasteiger partial charge on any atom is 0.0321 e. The standard InChI is InChI=1S/C14H20BrN/c1-3-10(2)12-7-6-11(9-13(12)15)14-5-4-8-16-14/h6-7,9-10,14,16H,3-5,8H2,1-2H3. The van der Waals surface area contributed by atoms with Crippen LogP contribution in [0.3, 0.4) is 0 Å². The van der Waals surface area contributed by atoms with Crippen LogP contribution in [-0.4, -0.2) is 6.54 Å². The van der Waals surface area contributed by atoms with Gasteiger partial charge in [0, 0.05) is 10.5 Å². The van der Waals surface area contributed by atoms with E-state index in [2.05, 4.69) is 53.3 Å². The zero-order chi connectivity index (χ0) is 11.5. The Bertz CT molecular complexity index is 356. The van der Waals surface area contributed by atoms with E-state index in [1.165, 1.54) is 34.9 Å². The molecular formula is C14H20BrN. The Kier molecular flexibility index (Phi) is 4.04. The monoisotopic (exact) mass is 281 g/mol. The average molecular weight is 282 g/mol. The summed E-state index contributed by atoms with van der Waals surface area (Å²) in [6.07, 6.45) is 3.77. The van der Waals surface area contributed by atoms with Crippen LogP contribution < -0.4 is 5.32 Å². The molecule has 2 atom stereocenters. The summed E-state index contributed by atoms with van der Waals surface area (Å²) in [7, 11) is 0. The summed E-state index contributed by atoms with van der Waals surface area (Å²) in [5, 5.41) is 3.54. The van der Waals surface area contributed by atoms with Crippen molar-refractivity contribution >= 4 is 15.9 Å². The normalized spacial score (nSPS) is 22.3. The molecule has 1 heterocycles. The molecule has 2 heteroatoms. The molecule has 0 saturated carbocycles. The molecule has 0 amide bonds. The second-order valence-corrected chi connectivity index (χ2v) is 5.59. The quantitative estimate of drug-likeness (QED) is 0.867. The van der Waals surface area contributed by atoms with Gasteiger partial charge in [0.1, 0.15) is 0 Å². The highest BCUT2D eigenvalue weighted by atomic mass is 79.9. The topological polar surface area (TPSA) is 12.0 Å². The lowest BCUT2D eigenvalue weighted by Gasteiger charge is -2.16. The van der Waals surface area contributed by atoms with E-state index in [0.29, 0.717) is 12.0 Å². The fourth-order valence-electron chi connectivity index (χ4n) is 2.35. The van der Waals surface area contributed by atoms with Gasteiger partial charge in [-0.3, -0.25) is 0 Å². The fraction of sp³-hybridized carbons (Fsp3) is 0.571. The maximum absolute atomic E-state index is 3.71. The highest BCUT2D eigenvalue weighted by Gasteiger charge is 2.17. The van der Waals surface area contributed by atoms with E-state index < -0.39 is 0 Å². The number of nitrogens with one attached hydrogen (secondary N) is 1. The van der Waals surface area contributed by atoms with Crippen molar-refractivity contribution in [3.05, 3.63) is 33.8 Å². The summed E-state index contributed by atoms with van der Waals surface area (Å²) >= 11 is 3.71. The third-order valence-corrected chi connectivity index (χ3v) is 4.32. The summed E-state index contributed by atoms with van der Waals surface area (Å²) in [5.74, 6) is 0.639. The van der Waals surface area contributed by atoms with Crippen molar-refractivity contribution in [2.24, 2.45) is 0 Å². The molecule has 1 saturated heterocycles. The molecular weight excluding hydrogens is 262 g/mol. The lowest BCUT2D eigenvalue weighted by Crippen LogP contribution is -2.12. The van der Waals surface area contributed by atoms with Crippen LogP contribution in [-0.2, 0) is 0 Å². The van der Waals surface area contributed by atoms with Gasteiger partial charge in [0.15, 0.2) is 0 Å². The SMILES string of the molecule is CCC(C)c1ccc(C2CCCN2)cc1Br. The van der Waals surface area contributed by atoms with E-state index in [9.17, 15) is 0 Å². The zero-order valence-electron chi connectivity index (χ0n) is 10.1. The van der Waals surface area contributed by atoms with Crippen LogP contribution in [0.5, 0.6) is 0 Å². The van der Waals surface area contributed by atoms with Crippen LogP contribution in [0, 0.1) is 0 Å². The maximum atomic E-state index is 3.71. The van der Waals surface area contributed by atoms with E-state index in [1.54, 1.807) is 0 Å². The molecule has 0 aromatic heterocycles. The molecule has 2 rings (SSSR count). The lowest BCUT2D eigenvalue weighted by atomic mass is 9.95. The molecule has 16 heavy (non-hydrogen) atoms. The molecule has 1 nitrogen and oxygen atoms in total. The van der Waals surface area contributed by atoms with Crippen molar-refractivity contribution in [3.63, 3.8) is 0 Å². The molecule has 88 valence electrons. The van der Waals surface area contributed by atoms with E-state index >= 15 is 0 Å². The van der Waals surface area contributed by atoms with Crippen LogP contribution in [0.4, 0.5) is 0 Å². The number of rotatable bonds is 3. The van der Waals surface area contributed by atoms with Gasteiger partial charge >= 0.3 is 0 Å². The molecule has 1 fully saturated rings. The van der Waals surface area contributed by atoms with Crippen molar-refractivity contribution in [2.75, 3.05) is 6.54 Å². The highest BCUT2D eigenvalue weighted by Crippen LogP contribution is 2.31. The lowest BCUT2D eigenvalue weighted by molar-refractivity contribution is 0.645. The van der Waals surface area contributed by atoms with Crippen molar-refractivity contribution in [2.45, 2.75) is 45.1 Å². The van der Waals surface area contributed by atoms with Gasteiger partial charge < -0.3 is 5.32 Å². The van der Waals surface area contributed by atoms with E-state index in [4.69, 9.17) is 0 Å². The summed E-state index contributed by atoms with van der Waals surface area (Å²) in [4.78, 5) is 0. The Balaban J connectivity index is 2.21. The molecule has 2 unspecified atom stereocenters. The second kappa shape index (κ2) is 5.33. The second-order valence-electron chi connectivity index (χ2n) is 4.74. The van der Waals surface area contributed by atoms with Crippen molar-refractivity contribution in [1.82, 2.24) is 5.32 Å². The Morgan fingerprint density at radius 3 is 2.88 bits per heavy atom. The molecule has 1 aromatic rings. The minimum Gasteiger partial charge on any atom is -0.310 e. The summed E-state index contributed by atoms with van der Waals surface area (Å²) in [6, 6.07) is 7.44. The Morgan fingerprint density at radius 2 is 2.31 bits per heavy atom. The van der Waals surface area contributed by atoms with Gasteiger partial charge in [-0.25, -0.2) is 0 Å². The Labute approximate surface area is 107 Å². The van der Waals surface area contributed by atoms with Gasteiger partial charge in [0.25, 0.3) is 0 Å². The van der Waals surface area contributed by atoms with Crippen LogP contribution >= 0.6 is 15.9 Å². The molecule has 1 aliphatic heterocycles. The number of hydrogen-bond donors (Lipinski definition) is 1. The molecule has 1 aromatic carbocycles. The summed E-state index contributed by atoms with van der Waals surface area (Å²) in [6.45, 7) is 5.69. The molecule has 0 aliphatic carbocycles. The van der Waals surface area contributed by atoms with Crippen LogP contribution in [0.1, 0.15) is 56.2 Å². The van der Waals surface area contributed by atoms with Gasteiger partial charge in [0.05, 0.1) is 0 Å². The van der Waals surface area contributed by atoms with Gasteiger partial charge in [-0.1, -0.05) is 41.9 Å². The molecule has 1 aliphatic rings. The largest absolute Gasteiger partial charge is 0.310 e. The predicted octanol–water partition coefficient (Wildman–Crippen LogP) is 4.39. The Morgan fingerprint density at radius 1 is 1.50 bits per heavy atom. The van der Waals surface area contributed by atoms with Crippen LogP contribution in [0.2, 0.25) is 0 Å². The predicted molar refractivity (Wildman–Crippen MR) is 72.8 cm³/mol. The van der Waals surface area contributed by atoms with E-state index in [-0.39, 0.29) is 0 Å². The van der Waals surface area contributed by atoms with Crippen LogP contribution in [0.25, 0.3) is 0 Å². The third kappa shape index (κ3) is 2.49. The molecule has 0 bridgehead atoms. The van der Waals surface area contributed by atoms with Gasteiger partial charge in [-0.05, 0) is 48.9 Å². The first-order valence-corrected chi connectivity index (χ1v) is 7.04. The summed E-state index contributed by atoms with van der Waals surface area (Å²) < 4.78 is 1.27. The average Bonchev–Trinajstić information content (AvgIpc) is 2.81. The first-order chi connectivity index (χ1) is 7.72. The minimum atomic E-state index is 0.572. The third-order valence-electron chi connectivity index (χ3n) is 3.63. The van der Waals surface area contributed by atoms with Crippen molar-refractivity contribution in [3.8, 4) is 0 Å². The van der Waals surface area contributed by atoms with Crippen molar-refractivity contribution < 1.29 is 0 Å². The summed E-state index contributed by atoms with van der Waals surface area (Å²) in [5.41, 5.74) is 2.86. The molecule has 0 radical (unpaired) electrons. The van der Waals surface area contributed by atoms with Crippen molar-refractivity contribution in [1.29, 1.82) is 0 Å². The van der Waals surface area contributed by atoms with Gasteiger partial charge in [0.2, 0.25) is 0 Å². The van der Waals surface area contributed by atoms with E-state index in [0.717, 1.165) is 6.54 Å². The number of hydrogen-bond acceptors (Lipinski definition) is 1. The minimum absolute atomic E-state index is 0.572. The highest BCUT2D eigenvalue weighted by molar-refractivity contribution is 9.10. The first kappa shape index (κ1) is 12.1. The number of benzene rings is 1. The van der Waals surface area contributed by atoms with Crippen LogP contribution in [0.15, 0.2) is 22.7 Å². The Hall–Kier alpha value is -0.340. The van der Waals surface area contributed by atoms with Gasteiger partial charge in [-0.15, -0.1) is 0 Å². The first-order valence-electron chi connectivity index (χ1n) is 6.25. The smallest absolute Gasteiger partial charge is 0.0321 e. The van der Waals surface area contributed by atoms with Gasteiger partial charge in [-0.2, -0.15) is 0 Å². The fourth-order valence-corrected chi connectivity index (χ4v) is 3.14. The molecule has 0 spiro atoms. The molecule has 1 N–H and O–H groups in total. The van der Waals surface area contributed by atoms with E-state index in [1.807, 2.05) is 0 Å². The number of halogens is 1. The zero-order valence-corrected chi connectivity index (χ0v) is 11.7.